The van der Waals surface area contributed by atoms with Gasteiger partial charge in [-0.2, -0.15) is 0 Å². The van der Waals surface area contributed by atoms with Crippen LogP contribution in [0.25, 0.3) is 76.8 Å². The van der Waals surface area contributed by atoms with Gasteiger partial charge in [0.25, 0.3) is 0 Å². The lowest BCUT2D eigenvalue weighted by Crippen LogP contribution is -2.17. The smallest absolute Gasteiger partial charge is 0.0413 e. The second-order valence-electron chi connectivity index (χ2n) is 20.5. The van der Waals surface area contributed by atoms with Crippen molar-refractivity contribution in [1.82, 2.24) is 0 Å². The van der Waals surface area contributed by atoms with Crippen LogP contribution in [0, 0.1) is 0 Å². The molecule has 0 aliphatic rings. The van der Waals surface area contributed by atoms with Crippen molar-refractivity contribution in [3.05, 3.63) is 165 Å². The molecular formula is C58H56. The Balaban J connectivity index is 1.55. The maximum atomic E-state index is 3.68. The van der Waals surface area contributed by atoms with E-state index in [1.165, 1.54) is 65.7 Å². The molecule has 0 aliphatic carbocycles. The van der Waals surface area contributed by atoms with E-state index in [0.29, 0.717) is 0 Å². The van der Waals surface area contributed by atoms with E-state index in [1.54, 1.807) is 0 Å². The fourth-order valence-electron chi connectivity index (χ4n) is 8.35. The van der Waals surface area contributed by atoms with Crippen LogP contribution in [0.15, 0.2) is 133 Å². The molecule has 0 bridgehead atoms. The van der Waals surface area contributed by atoms with Gasteiger partial charge >= 0.3 is 0 Å². The van der Waals surface area contributed by atoms with E-state index in [9.17, 15) is 0 Å². The summed E-state index contributed by atoms with van der Waals surface area (Å²) in [4.78, 5) is 0. The topological polar surface area (TPSA) is 0 Å². The lowest BCUT2D eigenvalue weighted by atomic mass is 9.78. The molecule has 0 amide bonds. The van der Waals surface area contributed by atoms with Crippen molar-refractivity contribution in [3.63, 3.8) is 0 Å². The summed E-state index contributed by atoms with van der Waals surface area (Å²) in [6, 6.07) is 45.4. The van der Waals surface area contributed by atoms with Gasteiger partial charge in [0, 0.05) is 10.4 Å². The zero-order valence-corrected chi connectivity index (χ0v) is 36.5. The molecule has 0 heterocycles. The van der Waals surface area contributed by atoms with Crippen molar-refractivity contribution in [2.45, 2.75) is 105 Å². The molecule has 0 fully saturated rings. The van der Waals surface area contributed by atoms with Crippen LogP contribution in [0.1, 0.15) is 105 Å². The summed E-state index contributed by atoms with van der Waals surface area (Å²) < 4.78 is 0. The molecule has 8 aromatic carbocycles. The summed E-state index contributed by atoms with van der Waals surface area (Å²) in [7, 11) is 0. The van der Waals surface area contributed by atoms with E-state index in [1.807, 2.05) is 0 Å². The Morgan fingerprint density at radius 3 is 0.931 bits per heavy atom. The van der Waals surface area contributed by atoms with Crippen molar-refractivity contribution >= 4 is 54.6 Å². The van der Waals surface area contributed by atoms with Crippen LogP contribution < -0.4 is 10.4 Å². The van der Waals surface area contributed by atoms with Crippen LogP contribution in [0.5, 0.6) is 0 Å². The van der Waals surface area contributed by atoms with E-state index < -0.39 is 0 Å². The first-order valence-electron chi connectivity index (χ1n) is 20.8. The summed E-state index contributed by atoms with van der Waals surface area (Å²) >= 11 is 0. The van der Waals surface area contributed by atoms with Crippen LogP contribution in [0.2, 0.25) is 0 Å². The molecule has 0 unspecified atom stereocenters. The van der Waals surface area contributed by atoms with Gasteiger partial charge in [0.2, 0.25) is 0 Å². The van der Waals surface area contributed by atoms with E-state index >= 15 is 0 Å². The Labute approximate surface area is 345 Å². The van der Waals surface area contributed by atoms with Crippen LogP contribution in [0.4, 0.5) is 0 Å². The lowest BCUT2D eigenvalue weighted by Gasteiger charge is -2.26. The van der Waals surface area contributed by atoms with Gasteiger partial charge in [0.15, 0.2) is 0 Å². The first kappa shape index (κ1) is 39.0. The van der Waals surface area contributed by atoms with Crippen LogP contribution in [0.3, 0.4) is 0 Å². The zero-order chi connectivity index (χ0) is 41.4. The molecular weight excluding hydrogens is 697 g/mol. The minimum atomic E-state index is -0.00948. The van der Waals surface area contributed by atoms with Gasteiger partial charge < -0.3 is 0 Å². The monoisotopic (exact) mass is 752 g/mol. The quantitative estimate of drug-likeness (QED) is 0.154. The third kappa shape index (κ3) is 7.27. The second-order valence-corrected chi connectivity index (χ2v) is 20.5. The van der Waals surface area contributed by atoms with Gasteiger partial charge in [0.1, 0.15) is 0 Å². The van der Waals surface area contributed by atoms with Crippen molar-refractivity contribution < 1.29 is 0 Å². The highest BCUT2D eigenvalue weighted by atomic mass is 14.3. The molecule has 0 spiro atoms. The third-order valence-corrected chi connectivity index (χ3v) is 11.9. The first-order chi connectivity index (χ1) is 27.3. The Kier molecular flexibility index (Phi) is 9.37. The number of rotatable bonds is 2. The van der Waals surface area contributed by atoms with E-state index in [-0.39, 0.29) is 21.7 Å². The molecule has 8 rings (SSSR count). The van der Waals surface area contributed by atoms with Gasteiger partial charge in [-0.15, -0.1) is 0 Å². The van der Waals surface area contributed by atoms with Gasteiger partial charge in [0.05, 0.1) is 0 Å². The fraction of sp³-hybridized carbons (Fsp3) is 0.276. The highest BCUT2D eigenvalue weighted by Crippen LogP contribution is 2.37. The standard InChI is InChI=1S/C58H56/c1-55(2,3)43-29-41(30-44(35-43)56(4,5)6)51-33-39-23-15-19-37-21-17-27-49(53(37)39)47(51)25-13-14-26-48-50-28-18-22-38-20-16-24-40(54(38)50)34-52(48)42-31-45(57(7,8)9)36-46(32-42)58(10,11)12/h15-24,27-36H,1-12H3. The molecule has 8 aromatic rings. The minimum absolute atomic E-state index is 0.00948. The Morgan fingerprint density at radius 2 is 0.621 bits per heavy atom. The molecule has 0 N–H and O–H groups in total. The van der Waals surface area contributed by atoms with Crippen molar-refractivity contribution in [2.24, 2.45) is 0 Å². The minimum Gasteiger partial charge on any atom is -0.0610 e. The molecule has 58 heavy (non-hydrogen) atoms. The number of hydrogen-bond acceptors (Lipinski definition) is 0. The molecule has 0 saturated carbocycles. The van der Waals surface area contributed by atoms with Crippen LogP contribution in [-0.4, -0.2) is 0 Å². The Bertz CT molecular complexity index is 2880. The molecule has 0 aromatic heterocycles. The summed E-state index contributed by atoms with van der Waals surface area (Å²) in [6.45, 7) is 27.6. The SMILES string of the molecule is CC(C)(C)c1cc(-c2cc3cccc4cccc(c2=C=C=C=C=c2c(-c5cc(C(C)(C)C)cc(C(C)(C)C)c5)cc5cccc6cccc2c65)c43)cc(C(C)(C)C)c1. The Hall–Kier alpha value is -5.82. The zero-order valence-electron chi connectivity index (χ0n) is 36.5. The van der Waals surface area contributed by atoms with Gasteiger partial charge in [-0.25, -0.2) is 0 Å². The summed E-state index contributed by atoms with van der Waals surface area (Å²) in [5, 5.41) is 11.8. The molecule has 0 radical (unpaired) electrons. The summed E-state index contributed by atoms with van der Waals surface area (Å²) in [6.07, 6.45) is 0. The van der Waals surface area contributed by atoms with Crippen molar-refractivity contribution in [1.29, 1.82) is 0 Å². The van der Waals surface area contributed by atoms with Crippen molar-refractivity contribution in [3.8, 4) is 22.3 Å². The highest BCUT2D eigenvalue weighted by Gasteiger charge is 2.23. The normalized spacial score (nSPS) is 12.6. The molecule has 0 atom stereocenters. The molecule has 0 aliphatic heterocycles. The molecule has 288 valence electrons. The summed E-state index contributed by atoms with van der Waals surface area (Å²) in [5.74, 6) is 0. The summed E-state index contributed by atoms with van der Waals surface area (Å²) in [5.41, 5.74) is 24.2. The maximum Gasteiger partial charge on any atom is 0.0413 e. The highest BCUT2D eigenvalue weighted by molar-refractivity contribution is 6.13. The average molecular weight is 753 g/mol. The lowest BCUT2D eigenvalue weighted by molar-refractivity contribution is 0.568. The molecule has 0 nitrogen and oxygen atoms in total. The number of hydrogen-bond donors (Lipinski definition) is 0. The largest absolute Gasteiger partial charge is 0.0610 e. The van der Waals surface area contributed by atoms with Gasteiger partial charge in [-0.05, 0) is 133 Å². The fourth-order valence-corrected chi connectivity index (χ4v) is 8.35. The Morgan fingerprint density at radius 1 is 0.328 bits per heavy atom. The predicted octanol–water partition coefficient (Wildman–Crippen LogP) is 14.6. The van der Waals surface area contributed by atoms with E-state index in [0.717, 1.165) is 32.3 Å². The first-order valence-corrected chi connectivity index (χ1v) is 20.8. The molecule has 0 heteroatoms. The van der Waals surface area contributed by atoms with Crippen molar-refractivity contribution in [2.75, 3.05) is 0 Å². The van der Waals surface area contributed by atoms with Crippen LogP contribution >= 0.6 is 0 Å². The van der Waals surface area contributed by atoms with Gasteiger partial charge in [-0.3, -0.25) is 0 Å². The second kappa shape index (κ2) is 13.9. The average Bonchev–Trinajstić information content (AvgIpc) is 3.16. The number of benzene rings is 8. The van der Waals surface area contributed by atoms with E-state index in [4.69, 9.17) is 0 Å². The van der Waals surface area contributed by atoms with Crippen LogP contribution in [-0.2, 0) is 21.7 Å². The van der Waals surface area contributed by atoms with Gasteiger partial charge in [-0.1, -0.05) is 204 Å². The molecule has 0 saturated heterocycles. The third-order valence-electron chi connectivity index (χ3n) is 11.9. The predicted molar refractivity (Wildman–Crippen MR) is 253 cm³/mol. The van der Waals surface area contributed by atoms with E-state index in [2.05, 4.69) is 227 Å². The maximum absolute atomic E-state index is 3.68.